The zero-order valence-electron chi connectivity index (χ0n) is 11.3. The normalized spacial score (nSPS) is 14.5. The molecule has 2 heterocycles. The standard InChI is InChI=1S/C14H15N5O2/c15-12-8-11(17-18-12)14(21)16-9-3-5-10(6-4-9)19-7-1-2-13(19)20/h3-6,8H,1-2,7H2,(H,16,21)(H3,15,17,18). The van der Waals surface area contributed by atoms with Crippen molar-refractivity contribution in [3.8, 4) is 0 Å². The minimum atomic E-state index is -0.316. The van der Waals surface area contributed by atoms with Crippen LogP contribution in [0.1, 0.15) is 23.3 Å². The lowest BCUT2D eigenvalue weighted by molar-refractivity contribution is -0.117. The highest BCUT2D eigenvalue weighted by Crippen LogP contribution is 2.23. The van der Waals surface area contributed by atoms with Crippen molar-refractivity contribution < 1.29 is 9.59 Å². The fraction of sp³-hybridized carbons (Fsp3) is 0.214. The number of rotatable bonds is 3. The van der Waals surface area contributed by atoms with Crippen molar-refractivity contribution in [2.75, 3.05) is 22.5 Å². The van der Waals surface area contributed by atoms with Crippen LogP contribution in [0.4, 0.5) is 17.2 Å². The first-order valence-electron chi connectivity index (χ1n) is 6.66. The summed E-state index contributed by atoms with van der Waals surface area (Å²) in [5, 5.41) is 8.98. The molecule has 2 aromatic rings. The van der Waals surface area contributed by atoms with Gasteiger partial charge in [0.1, 0.15) is 11.5 Å². The van der Waals surface area contributed by atoms with Crippen molar-refractivity contribution in [3.63, 3.8) is 0 Å². The van der Waals surface area contributed by atoms with E-state index in [2.05, 4.69) is 15.5 Å². The lowest BCUT2D eigenvalue weighted by atomic mass is 10.2. The van der Waals surface area contributed by atoms with E-state index >= 15 is 0 Å². The summed E-state index contributed by atoms with van der Waals surface area (Å²) in [4.78, 5) is 25.3. The Balaban J connectivity index is 1.69. The van der Waals surface area contributed by atoms with Crippen LogP contribution in [0, 0.1) is 0 Å². The summed E-state index contributed by atoms with van der Waals surface area (Å²) in [6.07, 6.45) is 1.48. The molecular weight excluding hydrogens is 270 g/mol. The van der Waals surface area contributed by atoms with E-state index < -0.39 is 0 Å². The maximum atomic E-state index is 11.9. The minimum Gasteiger partial charge on any atom is -0.382 e. The van der Waals surface area contributed by atoms with Crippen LogP contribution in [-0.4, -0.2) is 28.6 Å². The van der Waals surface area contributed by atoms with Crippen molar-refractivity contribution in [2.45, 2.75) is 12.8 Å². The molecule has 1 aliphatic heterocycles. The summed E-state index contributed by atoms with van der Waals surface area (Å²) in [6.45, 7) is 0.748. The topological polar surface area (TPSA) is 104 Å². The molecule has 7 heteroatoms. The largest absolute Gasteiger partial charge is 0.382 e. The molecule has 21 heavy (non-hydrogen) atoms. The van der Waals surface area contributed by atoms with Crippen LogP contribution < -0.4 is 16.0 Å². The first kappa shape index (κ1) is 13.2. The number of aromatic amines is 1. The van der Waals surface area contributed by atoms with Crippen LogP contribution in [0.25, 0.3) is 0 Å². The van der Waals surface area contributed by atoms with Gasteiger partial charge < -0.3 is 16.0 Å². The molecular formula is C14H15N5O2. The SMILES string of the molecule is Nc1cc(C(=O)Nc2ccc(N3CCCC3=O)cc2)[nH]n1. The lowest BCUT2D eigenvalue weighted by Crippen LogP contribution is -2.23. The van der Waals surface area contributed by atoms with Gasteiger partial charge in [0.15, 0.2) is 0 Å². The van der Waals surface area contributed by atoms with Crippen molar-refractivity contribution in [3.05, 3.63) is 36.0 Å². The molecule has 7 nitrogen and oxygen atoms in total. The van der Waals surface area contributed by atoms with Crippen LogP contribution in [0.3, 0.4) is 0 Å². The molecule has 1 saturated heterocycles. The second-order valence-electron chi connectivity index (χ2n) is 4.86. The van der Waals surface area contributed by atoms with E-state index in [1.54, 1.807) is 17.0 Å². The zero-order chi connectivity index (χ0) is 14.8. The van der Waals surface area contributed by atoms with E-state index in [-0.39, 0.29) is 17.6 Å². The molecule has 1 aromatic carbocycles. The molecule has 0 saturated carbocycles. The van der Waals surface area contributed by atoms with Crippen LogP contribution >= 0.6 is 0 Å². The Morgan fingerprint density at radius 3 is 2.67 bits per heavy atom. The van der Waals surface area contributed by atoms with Crippen LogP contribution in [0.2, 0.25) is 0 Å². The molecule has 1 aromatic heterocycles. The number of benzene rings is 1. The summed E-state index contributed by atoms with van der Waals surface area (Å²) >= 11 is 0. The molecule has 0 radical (unpaired) electrons. The Kier molecular flexibility index (Phi) is 3.31. The number of anilines is 3. The summed E-state index contributed by atoms with van der Waals surface area (Å²) < 4.78 is 0. The second-order valence-corrected chi connectivity index (χ2v) is 4.86. The number of amides is 2. The van der Waals surface area contributed by atoms with Crippen molar-refractivity contribution >= 4 is 29.0 Å². The van der Waals surface area contributed by atoms with Crippen molar-refractivity contribution in [2.24, 2.45) is 0 Å². The number of nitrogens with zero attached hydrogens (tertiary/aromatic N) is 2. The molecule has 0 unspecified atom stereocenters. The number of hydrogen-bond acceptors (Lipinski definition) is 4. The Hall–Kier alpha value is -2.83. The smallest absolute Gasteiger partial charge is 0.273 e. The number of nitrogens with one attached hydrogen (secondary N) is 2. The third kappa shape index (κ3) is 2.71. The monoisotopic (exact) mass is 285 g/mol. The zero-order valence-corrected chi connectivity index (χ0v) is 11.3. The number of aromatic nitrogens is 2. The van der Waals surface area contributed by atoms with E-state index in [1.807, 2.05) is 12.1 Å². The molecule has 3 rings (SSSR count). The van der Waals surface area contributed by atoms with Gasteiger partial charge in [-0.1, -0.05) is 0 Å². The highest BCUT2D eigenvalue weighted by molar-refractivity contribution is 6.03. The molecule has 108 valence electrons. The molecule has 0 bridgehead atoms. The van der Waals surface area contributed by atoms with Gasteiger partial charge in [-0.05, 0) is 30.7 Å². The fourth-order valence-electron chi connectivity index (χ4n) is 2.30. The summed E-state index contributed by atoms with van der Waals surface area (Å²) in [5.74, 6) is 0.0898. The van der Waals surface area contributed by atoms with Gasteiger partial charge >= 0.3 is 0 Å². The van der Waals surface area contributed by atoms with Crippen molar-refractivity contribution in [1.82, 2.24) is 10.2 Å². The Morgan fingerprint density at radius 2 is 2.10 bits per heavy atom. The Bertz CT molecular complexity index is 677. The lowest BCUT2D eigenvalue weighted by Gasteiger charge is -2.16. The quantitative estimate of drug-likeness (QED) is 0.792. The van der Waals surface area contributed by atoms with E-state index in [1.165, 1.54) is 6.07 Å². The maximum Gasteiger partial charge on any atom is 0.273 e. The number of nitrogen functional groups attached to an aromatic ring is 1. The van der Waals surface area contributed by atoms with E-state index in [4.69, 9.17) is 5.73 Å². The molecule has 0 spiro atoms. The van der Waals surface area contributed by atoms with E-state index in [0.717, 1.165) is 18.7 Å². The molecule has 0 aliphatic carbocycles. The van der Waals surface area contributed by atoms with Gasteiger partial charge in [-0.15, -0.1) is 0 Å². The van der Waals surface area contributed by atoms with Gasteiger partial charge in [0.2, 0.25) is 5.91 Å². The summed E-state index contributed by atoms with van der Waals surface area (Å²) in [5.41, 5.74) is 7.24. The number of carbonyl (C=O) groups is 2. The molecule has 2 amide bonds. The van der Waals surface area contributed by atoms with Gasteiger partial charge in [0, 0.05) is 30.4 Å². The predicted octanol–water partition coefficient (Wildman–Crippen LogP) is 1.37. The Labute approximate surface area is 121 Å². The molecule has 4 N–H and O–H groups in total. The average molecular weight is 285 g/mol. The minimum absolute atomic E-state index is 0.139. The van der Waals surface area contributed by atoms with Gasteiger partial charge in [0.25, 0.3) is 5.91 Å². The number of hydrogen-bond donors (Lipinski definition) is 3. The predicted molar refractivity (Wildman–Crippen MR) is 79.0 cm³/mol. The van der Waals surface area contributed by atoms with Crippen LogP contribution in [0.5, 0.6) is 0 Å². The Morgan fingerprint density at radius 1 is 1.33 bits per heavy atom. The molecule has 1 aliphatic rings. The van der Waals surface area contributed by atoms with Gasteiger partial charge in [-0.2, -0.15) is 5.10 Å². The summed E-state index contributed by atoms with van der Waals surface area (Å²) in [7, 11) is 0. The van der Waals surface area contributed by atoms with Crippen LogP contribution in [-0.2, 0) is 4.79 Å². The second kappa shape index (κ2) is 5.28. The third-order valence-corrected chi connectivity index (χ3v) is 3.35. The van der Waals surface area contributed by atoms with E-state index in [9.17, 15) is 9.59 Å². The molecule has 0 atom stereocenters. The summed E-state index contributed by atoms with van der Waals surface area (Å²) in [6, 6.07) is 8.63. The van der Waals surface area contributed by atoms with Gasteiger partial charge in [-0.3, -0.25) is 14.7 Å². The maximum absolute atomic E-state index is 11.9. The first-order chi connectivity index (χ1) is 10.1. The highest BCUT2D eigenvalue weighted by Gasteiger charge is 2.21. The average Bonchev–Trinajstić information content (AvgIpc) is 3.08. The highest BCUT2D eigenvalue weighted by atomic mass is 16.2. The van der Waals surface area contributed by atoms with Gasteiger partial charge in [-0.25, -0.2) is 0 Å². The number of H-pyrrole nitrogens is 1. The number of carbonyl (C=O) groups excluding carboxylic acids is 2. The van der Waals surface area contributed by atoms with Crippen LogP contribution in [0.15, 0.2) is 30.3 Å². The van der Waals surface area contributed by atoms with Crippen molar-refractivity contribution in [1.29, 1.82) is 0 Å². The molecule has 1 fully saturated rings. The number of nitrogens with two attached hydrogens (primary N) is 1. The third-order valence-electron chi connectivity index (χ3n) is 3.35. The first-order valence-corrected chi connectivity index (χ1v) is 6.66. The van der Waals surface area contributed by atoms with Gasteiger partial charge in [0.05, 0.1) is 0 Å². The van der Waals surface area contributed by atoms with E-state index in [0.29, 0.717) is 17.8 Å². The fourth-order valence-corrected chi connectivity index (χ4v) is 2.30.